The summed E-state index contributed by atoms with van der Waals surface area (Å²) in [6.45, 7) is 2.28. The minimum Gasteiger partial charge on any atom is -0.494 e. The molecule has 0 atom stereocenters. The topological polar surface area (TPSA) is 68.5 Å². The third-order valence-electron chi connectivity index (χ3n) is 3.43. The number of esters is 1. The van der Waals surface area contributed by atoms with E-state index in [4.69, 9.17) is 14.2 Å². The van der Waals surface area contributed by atoms with Crippen LogP contribution in [0.5, 0.6) is 11.5 Å². The Morgan fingerprint density at radius 3 is 2.54 bits per heavy atom. The van der Waals surface area contributed by atoms with E-state index >= 15 is 0 Å². The number of carbonyl (C=O) groups is 1. The summed E-state index contributed by atoms with van der Waals surface area (Å²) < 4.78 is 28.9. The standard InChI is InChI=1S/C20H18FNO4/c1-3-25-17-7-4-14(5-8-17)10-16(12-22)20(23)26-13-15-6-9-19(24-2)18(21)11-15/h4-11H,3,13H2,1-2H3/b16-10+. The second-order valence-electron chi connectivity index (χ2n) is 5.22. The van der Waals surface area contributed by atoms with E-state index in [2.05, 4.69) is 0 Å². The number of ether oxygens (including phenoxy) is 3. The molecule has 0 aliphatic rings. The molecule has 0 aromatic heterocycles. The van der Waals surface area contributed by atoms with Gasteiger partial charge in [0.15, 0.2) is 11.6 Å². The maximum absolute atomic E-state index is 13.6. The van der Waals surface area contributed by atoms with Gasteiger partial charge in [-0.05, 0) is 48.4 Å². The first-order chi connectivity index (χ1) is 12.6. The molecule has 26 heavy (non-hydrogen) atoms. The third-order valence-corrected chi connectivity index (χ3v) is 3.43. The maximum atomic E-state index is 13.6. The Balaban J connectivity index is 2.04. The van der Waals surface area contributed by atoms with Crippen LogP contribution >= 0.6 is 0 Å². The van der Waals surface area contributed by atoms with Crippen LogP contribution in [0.25, 0.3) is 6.08 Å². The van der Waals surface area contributed by atoms with Gasteiger partial charge in [0.1, 0.15) is 24.0 Å². The lowest BCUT2D eigenvalue weighted by Crippen LogP contribution is -2.07. The Morgan fingerprint density at radius 2 is 1.96 bits per heavy atom. The van der Waals surface area contributed by atoms with E-state index in [1.807, 2.05) is 13.0 Å². The number of methoxy groups -OCH3 is 1. The Morgan fingerprint density at radius 1 is 1.23 bits per heavy atom. The Hall–Kier alpha value is -3.33. The Kier molecular flexibility index (Phi) is 6.75. The number of hydrogen-bond donors (Lipinski definition) is 0. The average Bonchev–Trinajstić information content (AvgIpc) is 2.65. The Bertz CT molecular complexity index is 838. The van der Waals surface area contributed by atoms with Crippen LogP contribution in [0.3, 0.4) is 0 Å². The van der Waals surface area contributed by atoms with E-state index in [0.717, 1.165) is 0 Å². The molecule has 2 aromatic rings. The molecule has 134 valence electrons. The number of halogens is 1. The maximum Gasteiger partial charge on any atom is 0.349 e. The van der Waals surface area contributed by atoms with Crippen molar-refractivity contribution in [2.24, 2.45) is 0 Å². The summed E-state index contributed by atoms with van der Waals surface area (Å²) in [5, 5.41) is 9.19. The van der Waals surface area contributed by atoms with Crippen LogP contribution in [-0.4, -0.2) is 19.7 Å². The minimum atomic E-state index is -0.780. The van der Waals surface area contributed by atoms with Crippen molar-refractivity contribution in [3.05, 3.63) is 65.0 Å². The van der Waals surface area contributed by atoms with Gasteiger partial charge in [-0.15, -0.1) is 0 Å². The summed E-state index contributed by atoms with van der Waals surface area (Å²) in [4.78, 5) is 12.1. The molecule has 2 rings (SSSR count). The predicted molar refractivity (Wildman–Crippen MR) is 93.9 cm³/mol. The molecule has 5 nitrogen and oxygen atoms in total. The zero-order chi connectivity index (χ0) is 18.9. The lowest BCUT2D eigenvalue weighted by Gasteiger charge is -2.07. The Labute approximate surface area is 151 Å². The van der Waals surface area contributed by atoms with E-state index in [1.54, 1.807) is 30.3 Å². The van der Waals surface area contributed by atoms with Gasteiger partial charge in [-0.2, -0.15) is 5.26 Å². The van der Waals surface area contributed by atoms with Crippen molar-refractivity contribution < 1.29 is 23.4 Å². The summed E-state index contributed by atoms with van der Waals surface area (Å²) in [7, 11) is 1.36. The fourth-order valence-electron chi connectivity index (χ4n) is 2.16. The van der Waals surface area contributed by atoms with Crippen molar-refractivity contribution in [1.29, 1.82) is 5.26 Å². The lowest BCUT2D eigenvalue weighted by atomic mass is 10.1. The lowest BCUT2D eigenvalue weighted by molar-refractivity contribution is -0.139. The number of nitrogens with zero attached hydrogens (tertiary/aromatic N) is 1. The molecule has 0 radical (unpaired) electrons. The molecule has 6 heteroatoms. The van der Waals surface area contributed by atoms with E-state index in [1.165, 1.54) is 25.3 Å². The molecule has 2 aromatic carbocycles. The van der Waals surface area contributed by atoms with Gasteiger partial charge in [-0.1, -0.05) is 18.2 Å². The fraction of sp³-hybridized carbons (Fsp3) is 0.200. The van der Waals surface area contributed by atoms with Gasteiger partial charge in [0, 0.05) is 0 Å². The molecule has 0 N–H and O–H groups in total. The summed E-state index contributed by atoms with van der Waals surface area (Å²) in [5.74, 6) is -0.524. The van der Waals surface area contributed by atoms with Gasteiger partial charge in [0.25, 0.3) is 0 Å². The highest BCUT2D eigenvalue weighted by molar-refractivity contribution is 5.97. The molecule has 0 fully saturated rings. The number of benzene rings is 2. The first-order valence-corrected chi connectivity index (χ1v) is 7.91. The zero-order valence-electron chi connectivity index (χ0n) is 14.5. The molecule has 0 saturated heterocycles. The van der Waals surface area contributed by atoms with Crippen molar-refractivity contribution >= 4 is 12.0 Å². The number of carbonyl (C=O) groups excluding carboxylic acids is 1. The van der Waals surface area contributed by atoms with Crippen molar-refractivity contribution in [1.82, 2.24) is 0 Å². The second-order valence-corrected chi connectivity index (χ2v) is 5.22. The van der Waals surface area contributed by atoms with Gasteiger partial charge in [-0.25, -0.2) is 9.18 Å². The van der Waals surface area contributed by atoms with Crippen LogP contribution in [0.15, 0.2) is 48.0 Å². The number of hydrogen-bond acceptors (Lipinski definition) is 5. The highest BCUT2D eigenvalue weighted by atomic mass is 19.1. The molecule has 0 amide bonds. The first-order valence-electron chi connectivity index (χ1n) is 7.91. The summed E-state index contributed by atoms with van der Waals surface area (Å²) in [6.07, 6.45) is 1.42. The molecule has 0 aliphatic heterocycles. The fourth-order valence-corrected chi connectivity index (χ4v) is 2.16. The van der Waals surface area contributed by atoms with Crippen LogP contribution in [0.4, 0.5) is 4.39 Å². The highest BCUT2D eigenvalue weighted by Crippen LogP contribution is 2.19. The van der Waals surface area contributed by atoms with Gasteiger partial charge in [0.05, 0.1) is 13.7 Å². The highest BCUT2D eigenvalue weighted by Gasteiger charge is 2.12. The summed E-state index contributed by atoms with van der Waals surface area (Å²) >= 11 is 0. The van der Waals surface area contributed by atoms with E-state index in [9.17, 15) is 14.4 Å². The molecule has 0 saturated carbocycles. The van der Waals surface area contributed by atoms with Crippen LogP contribution in [0.1, 0.15) is 18.1 Å². The van der Waals surface area contributed by atoms with Gasteiger partial charge >= 0.3 is 5.97 Å². The van der Waals surface area contributed by atoms with Gasteiger partial charge in [-0.3, -0.25) is 0 Å². The van der Waals surface area contributed by atoms with Crippen LogP contribution in [0.2, 0.25) is 0 Å². The smallest absolute Gasteiger partial charge is 0.349 e. The quantitative estimate of drug-likeness (QED) is 0.428. The van der Waals surface area contributed by atoms with Crippen molar-refractivity contribution in [3.8, 4) is 17.6 Å². The SMILES string of the molecule is CCOc1ccc(/C=C(\C#N)C(=O)OCc2ccc(OC)c(F)c2)cc1. The van der Waals surface area contributed by atoms with Gasteiger partial charge in [0.2, 0.25) is 0 Å². The monoisotopic (exact) mass is 355 g/mol. The molecule has 0 aliphatic carbocycles. The molecular formula is C20H18FNO4. The zero-order valence-corrected chi connectivity index (χ0v) is 14.5. The van der Waals surface area contributed by atoms with E-state index < -0.39 is 11.8 Å². The molecular weight excluding hydrogens is 337 g/mol. The molecule has 0 heterocycles. The summed E-state index contributed by atoms with van der Waals surface area (Å²) in [6, 6.07) is 13.0. The number of rotatable bonds is 7. The molecule has 0 bridgehead atoms. The number of nitriles is 1. The molecule has 0 spiro atoms. The average molecular weight is 355 g/mol. The van der Waals surface area contributed by atoms with Crippen molar-refractivity contribution in [2.75, 3.05) is 13.7 Å². The minimum absolute atomic E-state index is 0.105. The predicted octanol–water partition coefficient (Wildman–Crippen LogP) is 3.88. The van der Waals surface area contributed by atoms with Gasteiger partial charge < -0.3 is 14.2 Å². The molecule has 0 unspecified atom stereocenters. The largest absolute Gasteiger partial charge is 0.494 e. The normalized spacial score (nSPS) is 10.8. The first kappa shape index (κ1) is 19.0. The van der Waals surface area contributed by atoms with Crippen LogP contribution in [-0.2, 0) is 16.1 Å². The summed E-state index contributed by atoms with van der Waals surface area (Å²) in [5.41, 5.74) is 0.968. The third kappa shape index (κ3) is 5.08. The van der Waals surface area contributed by atoms with Crippen molar-refractivity contribution in [3.63, 3.8) is 0 Å². The van der Waals surface area contributed by atoms with E-state index in [0.29, 0.717) is 23.5 Å². The van der Waals surface area contributed by atoms with Crippen molar-refractivity contribution in [2.45, 2.75) is 13.5 Å². The van der Waals surface area contributed by atoms with Crippen LogP contribution in [0, 0.1) is 17.1 Å². The van der Waals surface area contributed by atoms with Crippen LogP contribution < -0.4 is 9.47 Å². The van der Waals surface area contributed by atoms with E-state index in [-0.39, 0.29) is 17.9 Å². The second kappa shape index (κ2) is 9.23.